The van der Waals surface area contributed by atoms with Crippen molar-refractivity contribution >= 4 is 0 Å². The largest absolute Gasteiger partial charge is 0.393 e. The van der Waals surface area contributed by atoms with Crippen molar-refractivity contribution in [3.05, 3.63) is 0 Å². The van der Waals surface area contributed by atoms with Crippen molar-refractivity contribution in [1.82, 2.24) is 0 Å². The molecule has 1 heterocycles. The summed E-state index contributed by atoms with van der Waals surface area (Å²) in [5, 5.41) is 65.1. The lowest BCUT2D eigenvalue weighted by molar-refractivity contribution is -0.276. The Hall–Kier alpha value is -0.360. The van der Waals surface area contributed by atoms with Crippen molar-refractivity contribution in [3.8, 4) is 0 Å². The van der Waals surface area contributed by atoms with E-state index in [1.807, 2.05) is 0 Å². The maximum Gasteiger partial charge on any atom is 0.186 e. The van der Waals surface area contributed by atoms with E-state index >= 15 is 0 Å². The van der Waals surface area contributed by atoms with Crippen LogP contribution < -0.4 is 0 Å². The Morgan fingerprint density at radius 2 is 1.47 bits per heavy atom. The minimum atomic E-state index is -1.16. The molecule has 9 nitrogen and oxygen atoms in total. The fourth-order valence-electron chi connectivity index (χ4n) is 11.0. The van der Waals surface area contributed by atoms with E-state index in [0.717, 1.165) is 38.5 Å². The summed E-state index contributed by atoms with van der Waals surface area (Å²) < 4.78 is 16.9. The SMILES string of the molecule is COC1COC(OCC(CCC(C)C2CC(O)C3C4CC(O)C5C(O)C(O)CCC5(C)C4CCC23C)C(C)C)C(O)C1O. The fourth-order valence-corrected chi connectivity index (χ4v) is 11.0. The lowest BCUT2D eigenvalue weighted by Crippen LogP contribution is -2.63. The van der Waals surface area contributed by atoms with Gasteiger partial charge in [-0.1, -0.05) is 41.0 Å². The van der Waals surface area contributed by atoms with E-state index in [4.69, 9.17) is 14.2 Å². The first-order chi connectivity index (χ1) is 20.2. The predicted molar refractivity (Wildman–Crippen MR) is 161 cm³/mol. The fraction of sp³-hybridized carbons (Fsp3) is 1.00. The Balaban J connectivity index is 1.22. The molecule has 4 saturated carbocycles. The summed E-state index contributed by atoms with van der Waals surface area (Å²) in [6.45, 7) is 11.9. The van der Waals surface area contributed by atoms with Crippen molar-refractivity contribution in [2.75, 3.05) is 20.3 Å². The lowest BCUT2D eigenvalue weighted by Gasteiger charge is -2.63. The van der Waals surface area contributed by atoms with Crippen molar-refractivity contribution in [1.29, 1.82) is 0 Å². The van der Waals surface area contributed by atoms with Crippen LogP contribution in [0.1, 0.15) is 86.0 Å². The minimum Gasteiger partial charge on any atom is -0.393 e. The average Bonchev–Trinajstić information content (AvgIpc) is 3.23. The van der Waals surface area contributed by atoms with Crippen molar-refractivity contribution in [2.24, 2.45) is 58.2 Å². The monoisotopic (exact) mass is 612 g/mol. The topological polar surface area (TPSA) is 149 Å². The first-order valence-electron chi connectivity index (χ1n) is 17.1. The summed E-state index contributed by atoms with van der Waals surface area (Å²) in [6.07, 6.45) is 0.437. The highest BCUT2D eigenvalue weighted by atomic mass is 16.7. The van der Waals surface area contributed by atoms with E-state index in [9.17, 15) is 30.6 Å². The van der Waals surface area contributed by atoms with Gasteiger partial charge in [0.1, 0.15) is 18.3 Å². The van der Waals surface area contributed by atoms with Crippen molar-refractivity contribution in [3.63, 3.8) is 0 Å². The third-order valence-electron chi connectivity index (χ3n) is 13.6. The molecule has 0 spiro atoms. The summed E-state index contributed by atoms with van der Waals surface area (Å²) in [6, 6.07) is 0. The van der Waals surface area contributed by atoms with Crippen LogP contribution in [-0.4, -0.2) is 100.0 Å². The molecule has 17 atom stereocenters. The average molecular weight is 613 g/mol. The third-order valence-corrected chi connectivity index (χ3v) is 13.6. The number of methoxy groups -OCH3 is 1. The molecule has 43 heavy (non-hydrogen) atoms. The molecule has 6 N–H and O–H groups in total. The van der Waals surface area contributed by atoms with Gasteiger partial charge in [0.25, 0.3) is 0 Å². The standard InChI is InChI=1S/C34H60O9/c1-17(2)19(15-42-32-31(40)30(39)26(41-6)16-43-32)8-7-18(3)22-14-25(37)27-20-13-24(36)28-29(38)23(35)10-12-33(28,4)21(20)9-11-34(22,27)5/h17-32,35-40H,7-16H2,1-6H3. The van der Waals surface area contributed by atoms with Crippen LogP contribution >= 0.6 is 0 Å². The molecule has 5 fully saturated rings. The smallest absolute Gasteiger partial charge is 0.186 e. The molecular weight excluding hydrogens is 552 g/mol. The Bertz CT molecular complexity index is 934. The molecule has 1 aliphatic heterocycles. The van der Waals surface area contributed by atoms with Gasteiger partial charge in [0.2, 0.25) is 0 Å². The first kappa shape index (κ1) is 34.0. The van der Waals surface area contributed by atoms with E-state index in [1.165, 1.54) is 7.11 Å². The van der Waals surface area contributed by atoms with Crippen LogP contribution in [-0.2, 0) is 14.2 Å². The van der Waals surface area contributed by atoms with Crippen molar-refractivity contribution in [2.45, 2.75) is 135 Å². The maximum absolute atomic E-state index is 11.6. The molecule has 5 aliphatic rings. The Kier molecular flexibility index (Phi) is 10.3. The normalized spacial score (nSPS) is 51.4. The molecule has 250 valence electrons. The molecule has 1 saturated heterocycles. The van der Waals surface area contributed by atoms with Crippen LogP contribution in [0.5, 0.6) is 0 Å². The highest BCUT2D eigenvalue weighted by molar-refractivity contribution is 5.14. The molecule has 4 aliphatic carbocycles. The van der Waals surface area contributed by atoms with Gasteiger partial charge < -0.3 is 44.8 Å². The van der Waals surface area contributed by atoms with Crippen LogP contribution in [0, 0.1) is 58.2 Å². The van der Waals surface area contributed by atoms with Crippen LogP contribution in [0.15, 0.2) is 0 Å². The lowest BCUT2D eigenvalue weighted by atomic mass is 9.43. The zero-order valence-corrected chi connectivity index (χ0v) is 27.2. The van der Waals surface area contributed by atoms with Gasteiger partial charge in [0.05, 0.1) is 37.6 Å². The second-order valence-electron chi connectivity index (χ2n) is 16.0. The number of fused-ring (bicyclic) bond motifs is 5. The van der Waals surface area contributed by atoms with Gasteiger partial charge in [0.15, 0.2) is 6.29 Å². The predicted octanol–water partition coefficient (Wildman–Crippen LogP) is 2.72. The Morgan fingerprint density at radius 3 is 2.14 bits per heavy atom. The zero-order chi connectivity index (χ0) is 31.4. The van der Waals surface area contributed by atoms with Crippen LogP contribution in [0.4, 0.5) is 0 Å². The summed E-state index contributed by atoms with van der Waals surface area (Å²) in [4.78, 5) is 0. The summed E-state index contributed by atoms with van der Waals surface area (Å²) >= 11 is 0. The Morgan fingerprint density at radius 1 is 0.791 bits per heavy atom. The second kappa shape index (κ2) is 13.0. The molecule has 9 heteroatoms. The van der Waals surface area contributed by atoms with Gasteiger partial charge in [-0.15, -0.1) is 0 Å². The van der Waals surface area contributed by atoms with Crippen molar-refractivity contribution < 1.29 is 44.8 Å². The number of hydrogen-bond donors (Lipinski definition) is 6. The maximum atomic E-state index is 11.6. The zero-order valence-electron chi connectivity index (χ0n) is 27.2. The van der Waals surface area contributed by atoms with Gasteiger partial charge in [-0.25, -0.2) is 0 Å². The number of hydrogen-bond acceptors (Lipinski definition) is 9. The molecular formula is C34H60O9. The molecule has 0 radical (unpaired) electrons. The molecule has 0 aromatic heterocycles. The van der Waals surface area contributed by atoms with Gasteiger partial charge in [-0.05, 0) is 97.2 Å². The highest BCUT2D eigenvalue weighted by Crippen LogP contribution is 2.68. The molecule has 5 rings (SSSR count). The Labute approximate surface area is 258 Å². The minimum absolute atomic E-state index is 0.00633. The highest BCUT2D eigenvalue weighted by Gasteiger charge is 2.66. The summed E-state index contributed by atoms with van der Waals surface area (Å²) in [7, 11) is 1.49. The van der Waals surface area contributed by atoms with Crippen LogP contribution in [0.2, 0.25) is 0 Å². The van der Waals surface area contributed by atoms with E-state index in [1.54, 1.807) is 0 Å². The van der Waals surface area contributed by atoms with Gasteiger partial charge in [0, 0.05) is 13.0 Å². The molecule has 0 bridgehead atoms. The third kappa shape index (κ3) is 5.98. The van der Waals surface area contributed by atoms with E-state index in [2.05, 4.69) is 34.6 Å². The van der Waals surface area contributed by atoms with E-state index in [0.29, 0.717) is 43.1 Å². The van der Waals surface area contributed by atoms with Gasteiger partial charge in [-0.3, -0.25) is 0 Å². The quantitative estimate of drug-likeness (QED) is 0.231. The summed E-state index contributed by atoms with van der Waals surface area (Å²) in [5.41, 5.74) is -0.236. The number of rotatable bonds is 9. The van der Waals surface area contributed by atoms with Gasteiger partial charge >= 0.3 is 0 Å². The van der Waals surface area contributed by atoms with E-state index in [-0.39, 0.29) is 41.1 Å². The molecule has 0 aromatic carbocycles. The summed E-state index contributed by atoms with van der Waals surface area (Å²) in [5.74, 6) is 1.81. The second-order valence-corrected chi connectivity index (χ2v) is 16.0. The number of ether oxygens (including phenoxy) is 3. The molecule has 0 amide bonds. The van der Waals surface area contributed by atoms with Crippen LogP contribution in [0.25, 0.3) is 0 Å². The number of aliphatic hydroxyl groups is 6. The van der Waals surface area contributed by atoms with Crippen LogP contribution in [0.3, 0.4) is 0 Å². The molecule has 0 aromatic rings. The van der Waals surface area contributed by atoms with E-state index < -0.39 is 49.0 Å². The first-order valence-corrected chi connectivity index (χ1v) is 17.1. The van der Waals surface area contributed by atoms with Gasteiger partial charge in [-0.2, -0.15) is 0 Å². The number of aliphatic hydroxyl groups excluding tert-OH is 6. The molecule has 17 unspecified atom stereocenters.